The number of benzene rings is 1. The Bertz CT molecular complexity index is 485. The van der Waals surface area contributed by atoms with Crippen LogP contribution >= 0.6 is 0 Å². The van der Waals surface area contributed by atoms with Crippen LogP contribution in [0.3, 0.4) is 0 Å². The van der Waals surface area contributed by atoms with E-state index in [1.54, 1.807) is 31.2 Å². The van der Waals surface area contributed by atoms with Crippen molar-refractivity contribution in [2.75, 3.05) is 18.6 Å². The number of nitrogens with zero attached hydrogens (tertiary/aromatic N) is 1. The van der Waals surface area contributed by atoms with Gasteiger partial charge < -0.3 is 14.7 Å². The summed E-state index contributed by atoms with van der Waals surface area (Å²) >= 11 is 0. The minimum Gasteiger partial charge on any atom is -0.463 e. The molecular formula is C12H13NO4. The highest BCUT2D eigenvalue weighted by Gasteiger charge is 2.55. The summed E-state index contributed by atoms with van der Waals surface area (Å²) in [6.07, 6.45) is 0. The number of carbonyl (C=O) groups excluding carboxylic acids is 2. The Morgan fingerprint density at radius 2 is 2.12 bits per heavy atom. The lowest BCUT2D eigenvalue weighted by Crippen LogP contribution is -2.46. The van der Waals surface area contributed by atoms with Crippen LogP contribution in [0.25, 0.3) is 0 Å². The second-order valence-corrected chi connectivity index (χ2v) is 3.81. The molecule has 0 saturated carbocycles. The second kappa shape index (κ2) is 3.85. The summed E-state index contributed by atoms with van der Waals surface area (Å²) in [4.78, 5) is 25.0. The molecule has 1 atom stereocenters. The Morgan fingerprint density at radius 1 is 1.47 bits per heavy atom. The number of anilines is 1. The van der Waals surface area contributed by atoms with Crippen molar-refractivity contribution in [1.29, 1.82) is 0 Å². The molecule has 1 aliphatic rings. The molecule has 1 aromatic rings. The Balaban J connectivity index is 2.55. The van der Waals surface area contributed by atoms with Crippen LogP contribution in [0, 0.1) is 0 Å². The number of esters is 1. The molecule has 1 unspecified atom stereocenters. The van der Waals surface area contributed by atoms with Gasteiger partial charge in [0.05, 0.1) is 12.3 Å². The fourth-order valence-corrected chi connectivity index (χ4v) is 1.97. The molecule has 0 radical (unpaired) electrons. The first-order valence-corrected chi connectivity index (χ1v) is 5.30. The average molecular weight is 235 g/mol. The molecule has 1 aromatic carbocycles. The molecule has 17 heavy (non-hydrogen) atoms. The fraction of sp³-hybridized carbons (Fsp3) is 0.333. The SMILES string of the molecule is CCOC(=O)C1(O)C(=O)N(C)c2ccccc21. The van der Waals surface area contributed by atoms with Crippen LogP contribution in [0.15, 0.2) is 24.3 Å². The summed E-state index contributed by atoms with van der Waals surface area (Å²) in [5, 5.41) is 10.3. The van der Waals surface area contributed by atoms with Crippen LogP contribution in [0.1, 0.15) is 12.5 Å². The first-order chi connectivity index (χ1) is 8.03. The third kappa shape index (κ3) is 1.43. The molecule has 1 amide bonds. The van der Waals surface area contributed by atoms with E-state index in [0.29, 0.717) is 5.69 Å². The molecule has 90 valence electrons. The summed E-state index contributed by atoms with van der Waals surface area (Å²) in [6, 6.07) is 6.62. The van der Waals surface area contributed by atoms with Crippen molar-refractivity contribution in [3.8, 4) is 0 Å². The van der Waals surface area contributed by atoms with Gasteiger partial charge in [0.15, 0.2) is 0 Å². The number of hydrogen-bond acceptors (Lipinski definition) is 4. The summed E-state index contributed by atoms with van der Waals surface area (Å²) in [6.45, 7) is 1.73. The molecule has 5 heteroatoms. The van der Waals surface area contributed by atoms with E-state index in [-0.39, 0.29) is 12.2 Å². The van der Waals surface area contributed by atoms with Crippen molar-refractivity contribution in [3.63, 3.8) is 0 Å². The van der Waals surface area contributed by atoms with Crippen molar-refractivity contribution in [1.82, 2.24) is 0 Å². The van der Waals surface area contributed by atoms with E-state index in [9.17, 15) is 14.7 Å². The van der Waals surface area contributed by atoms with E-state index >= 15 is 0 Å². The van der Waals surface area contributed by atoms with E-state index < -0.39 is 17.5 Å². The summed E-state index contributed by atoms with van der Waals surface area (Å²) < 4.78 is 4.77. The third-order valence-corrected chi connectivity index (χ3v) is 2.84. The molecular weight excluding hydrogens is 222 g/mol. The standard InChI is InChI=1S/C12H13NO4/c1-3-17-11(15)12(16)8-6-4-5-7-9(8)13(2)10(12)14/h4-7,16H,3H2,1-2H3. The molecule has 0 aromatic heterocycles. The number of fused-ring (bicyclic) bond motifs is 1. The highest BCUT2D eigenvalue weighted by molar-refractivity contribution is 6.18. The van der Waals surface area contributed by atoms with E-state index in [0.717, 1.165) is 0 Å². The van der Waals surface area contributed by atoms with E-state index in [1.807, 2.05) is 0 Å². The number of para-hydroxylation sites is 1. The first kappa shape index (κ1) is 11.6. The maximum atomic E-state index is 12.0. The summed E-state index contributed by atoms with van der Waals surface area (Å²) in [7, 11) is 1.51. The van der Waals surface area contributed by atoms with Gasteiger partial charge in [-0.05, 0) is 13.0 Å². The monoisotopic (exact) mass is 235 g/mol. The lowest BCUT2D eigenvalue weighted by molar-refractivity contribution is -0.170. The zero-order chi connectivity index (χ0) is 12.6. The van der Waals surface area contributed by atoms with Crippen LogP contribution in [-0.2, 0) is 19.9 Å². The maximum Gasteiger partial charge on any atom is 0.353 e. The van der Waals surface area contributed by atoms with Crippen LogP contribution < -0.4 is 4.90 Å². The molecule has 0 aliphatic carbocycles. The minimum atomic E-state index is -2.21. The Kier molecular flexibility index (Phi) is 2.63. The Hall–Kier alpha value is -1.88. The number of carbonyl (C=O) groups is 2. The van der Waals surface area contributed by atoms with Crippen molar-refractivity contribution in [2.24, 2.45) is 0 Å². The number of rotatable bonds is 2. The molecule has 1 aliphatic heterocycles. The van der Waals surface area contributed by atoms with Gasteiger partial charge in [0, 0.05) is 12.6 Å². The van der Waals surface area contributed by atoms with Gasteiger partial charge in [-0.1, -0.05) is 18.2 Å². The topological polar surface area (TPSA) is 66.8 Å². The Labute approximate surface area is 98.6 Å². The van der Waals surface area contributed by atoms with Gasteiger partial charge in [0.2, 0.25) is 0 Å². The van der Waals surface area contributed by atoms with Crippen LogP contribution in [0.4, 0.5) is 5.69 Å². The number of aliphatic hydroxyl groups is 1. The molecule has 1 N–H and O–H groups in total. The predicted octanol–water partition coefficient (Wildman–Crippen LogP) is 0.414. The zero-order valence-electron chi connectivity index (χ0n) is 9.64. The predicted molar refractivity (Wildman–Crippen MR) is 60.4 cm³/mol. The second-order valence-electron chi connectivity index (χ2n) is 3.81. The Morgan fingerprint density at radius 3 is 2.76 bits per heavy atom. The highest BCUT2D eigenvalue weighted by Crippen LogP contribution is 2.39. The average Bonchev–Trinajstić information content (AvgIpc) is 2.54. The van der Waals surface area contributed by atoms with E-state index in [2.05, 4.69) is 0 Å². The molecule has 0 bridgehead atoms. The molecule has 0 fully saturated rings. The normalized spacial score (nSPS) is 22.5. The van der Waals surface area contributed by atoms with E-state index in [1.165, 1.54) is 11.9 Å². The van der Waals surface area contributed by atoms with Gasteiger partial charge >= 0.3 is 5.97 Å². The zero-order valence-corrected chi connectivity index (χ0v) is 9.64. The first-order valence-electron chi connectivity index (χ1n) is 5.30. The number of amides is 1. The van der Waals surface area contributed by atoms with Crippen molar-refractivity contribution < 1.29 is 19.4 Å². The van der Waals surface area contributed by atoms with Crippen LogP contribution in [-0.4, -0.2) is 30.6 Å². The quantitative estimate of drug-likeness (QED) is 0.595. The van der Waals surface area contributed by atoms with Crippen molar-refractivity contribution in [2.45, 2.75) is 12.5 Å². The van der Waals surface area contributed by atoms with Gasteiger partial charge in [-0.15, -0.1) is 0 Å². The third-order valence-electron chi connectivity index (χ3n) is 2.84. The number of hydrogen-bond donors (Lipinski definition) is 1. The molecule has 0 saturated heterocycles. The highest BCUT2D eigenvalue weighted by atomic mass is 16.6. The van der Waals surface area contributed by atoms with Gasteiger partial charge in [0.1, 0.15) is 0 Å². The smallest absolute Gasteiger partial charge is 0.353 e. The van der Waals surface area contributed by atoms with Gasteiger partial charge in [-0.25, -0.2) is 4.79 Å². The lowest BCUT2D eigenvalue weighted by Gasteiger charge is -2.19. The summed E-state index contributed by atoms with van der Waals surface area (Å²) in [5.74, 6) is -1.61. The van der Waals surface area contributed by atoms with E-state index in [4.69, 9.17) is 4.74 Å². The van der Waals surface area contributed by atoms with Gasteiger partial charge in [0.25, 0.3) is 11.5 Å². The molecule has 5 nitrogen and oxygen atoms in total. The molecule has 2 rings (SSSR count). The van der Waals surface area contributed by atoms with Crippen LogP contribution in [0.2, 0.25) is 0 Å². The van der Waals surface area contributed by atoms with Crippen molar-refractivity contribution >= 4 is 17.6 Å². The fourth-order valence-electron chi connectivity index (χ4n) is 1.97. The van der Waals surface area contributed by atoms with Crippen molar-refractivity contribution in [3.05, 3.63) is 29.8 Å². The number of ether oxygens (including phenoxy) is 1. The largest absolute Gasteiger partial charge is 0.463 e. The minimum absolute atomic E-state index is 0.111. The molecule has 0 spiro atoms. The number of likely N-dealkylation sites (N-methyl/N-ethyl adjacent to an activating group) is 1. The molecule has 1 heterocycles. The van der Waals surface area contributed by atoms with Gasteiger partial charge in [-0.3, -0.25) is 4.79 Å². The van der Waals surface area contributed by atoms with Crippen LogP contribution in [0.5, 0.6) is 0 Å². The maximum absolute atomic E-state index is 12.0. The summed E-state index contributed by atoms with van der Waals surface area (Å²) in [5.41, 5.74) is -1.42. The lowest BCUT2D eigenvalue weighted by atomic mass is 9.96. The van der Waals surface area contributed by atoms with Gasteiger partial charge in [-0.2, -0.15) is 0 Å².